The van der Waals surface area contributed by atoms with Crippen molar-refractivity contribution in [1.82, 2.24) is 0 Å². The van der Waals surface area contributed by atoms with Gasteiger partial charge in [-0.15, -0.1) is 0 Å². The van der Waals surface area contributed by atoms with E-state index in [1.165, 1.54) is 11.1 Å². The predicted octanol–water partition coefficient (Wildman–Crippen LogP) is 4.11. The summed E-state index contributed by atoms with van der Waals surface area (Å²) in [6.45, 7) is 11.3. The molecule has 0 aliphatic rings. The molecule has 0 amide bonds. The fourth-order valence-corrected chi connectivity index (χ4v) is 2.48. The van der Waals surface area contributed by atoms with E-state index in [9.17, 15) is 5.11 Å². The molecule has 19 heavy (non-hydrogen) atoms. The average molecular weight is 264 g/mol. The van der Waals surface area contributed by atoms with E-state index >= 15 is 0 Å². The summed E-state index contributed by atoms with van der Waals surface area (Å²) in [5.74, 6) is 1.75. The van der Waals surface area contributed by atoms with Crippen LogP contribution in [0.1, 0.15) is 58.1 Å². The molecule has 0 bridgehead atoms. The Hall–Kier alpha value is -1.02. The largest absolute Gasteiger partial charge is 0.496 e. The summed E-state index contributed by atoms with van der Waals surface area (Å²) < 4.78 is 5.51. The van der Waals surface area contributed by atoms with Gasteiger partial charge >= 0.3 is 0 Å². The monoisotopic (exact) mass is 264 g/mol. The van der Waals surface area contributed by atoms with E-state index in [1.54, 1.807) is 7.11 Å². The van der Waals surface area contributed by atoms with Gasteiger partial charge in [-0.25, -0.2) is 0 Å². The van der Waals surface area contributed by atoms with Crippen molar-refractivity contribution in [2.45, 2.75) is 52.4 Å². The van der Waals surface area contributed by atoms with Gasteiger partial charge in [0.2, 0.25) is 0 Å². The van der Waals surface area contributed by atoms with Crippen molar-refractivity contribution >= 4 is 0 Å². The lowest BCUT2D eigenvalue weighted by Crippen LogP contribution is -2.15. The van der Waals surface area contributed by atoms with Gasteiger partial charge in [0.25, 0.3) is 0 Å². The highest BCUT2D eigenvalue weighted by molar-refractivity contribution is 5.42. The van der Waals surface area contributed by atoms with Gasteiger partial charge in [-0.05, 0) is 40.9 Å². The Labute approximate surface area is 117 Å². The van der Waals surface area contributed by atoms with E-state index in [-0.39, 0.29) is 12.0 Å². The first-order valence-corrected chi connectivity index (χ1v) is 7.10. The summed E-state index contributed by atoms with van der Waals surface area (Å²) in [5, 5.41) is 9.30. The quantitative estimate of drug-likeness (QED) is 0.867. The Bertz CT molecular complexity index is 402. The lowest BCUT2D eigenvalue weighted by atomic mass is 9.80. The van der Waals surface area contributed by atoms with Gasteiger partial charge in [-0.2, -0.15) is 0 Å². The second-order valence-electron chi connectivity index (χ2n) is 6.57. The summed E-state index contributed by atoms with van der Waals surface area (Å²) in [7, 11) is 1.71. The van der Waals surface area contributed by atoms with Crippen molar-refractivity contribution in [2.75, 3.05) is 13.7 Å². The van der Waals surface area contributed by atoms with Crippen LogP contribution in [0.25, 0.3) is 0 Å². The Balaban J connectivity index is 3.28. The van der Waals surface area contributed by atoms with Crippen LogP contribution in [0.5, 0.6) is 5.75 Å². The highest BCUT2D eigenvalue weighted by Crippen LogP contribution is 2.37. The normalized spacial score (nSPS) is 13.7. The minimum atomic E-state index is 0.127. The summed E-state index contributed by atoms with van der Waals surface area (Å²) in [6, 6.07) is 6.44. The van der Waals surface area contributed by atoms with E-state index in [0.717, 1.165) is 12.2 Å². The minimum absolute atomic E-state index is 0.127. The molecule has 1 rings (SSSR count). The second kappa shape index (κ2) is 6.42. The Morgan fingerprint density at radius 3 is 2.26 bits per heavy atom. The molecule has 2 nitrogen and oxygen atoms in total. The van der Waals surface area contributed by atoms with Crippen molar-refractivity contribution in [3.8, 4) is 5.75 Å². The zero-order valence-electron chi connectivity index (χ0n) is 13.2. The van der Waals surface area contributed by atoms with Crippen molar-refractivity contribution in [3.63, 3.8) is 0 Å². The molecule has 0 spiro atoms. The molecule has 0 radical (unpaired) electrons. The van der Waals surface area contributed by atoms with Gasteiger partial charge < -0.3 is 9.84 Å². The van der Waals surface area contributed by atoms with E-state index in [2.05, 4.69) is 52.8 Å². The highest BCUT2D eigenvalue weighted by atomic mass is 16.5. The molecule has 1 aromatic carbocycles. The number of hydrogen-bond acceptors (Lipinski definition) is 2. The SMILES string of the molecule is COc1ccc(C(C)(C)C)cc1C(CCO)C(C)C. The summed E-state index contributed by atoms with van der Waals surface area (Å²) in [4.78, 5) is 0. The molecule has 0 fully saturated rings. The lowest BCUT2D eigenvalue weighted by molar-refractivity contribution is 0.259. The highest BCUT2D eigenvalue weighted by Gasteiger charge is 2.22. The Kier molecular flexibility index (Phi) is 5.42. The molecule has 0 saturated carbocycles. The van der Waals surface area contributed by atoms with Crippen LogP contribution in [-0.2, 0) is 5.41 Å². The van der Waals surface area contributed by atoms with Crippen LogP contribution in [0.15, 0.2) is 18.2 Å². The number of hydrogen-bond donors (Lipinski definition) is 1. The first kappa shape index (κ1) is 16.0. The number of benzene rings is 1. The Morgan fingerprint density at radius 1 is 1.21 bits per heavy atom. The predicted molar refractivity (Wildman–Crippen MR) is 81.0 cm³/mol. The molecule has 0 aliphatic carbocycles. The molecule has 1 atom stereocenters. The van der Waals surface area contributed by atoms with Crippen LogP contribution in [0.2, 0.25) is 0 Å². The van der Waals surface area contributed by atoms with Crippen molar-refractivity contribution in [1.29, 1.82) is 0 Å². The minimum Gasteiger partial charge on any atom is -0.496 e. The topological polar surface area (TPSA) is 29.5 Å². The van der Waals surface area contributed by atoms with Gasteiger partial charge in [0.05, 0.1) is 7.11 Å². The smallest absolute Gasteiger partial charge is 0.122 e. The molecule has 0 heterocycles. The van der Waals surface area contributed by atoms with Crippen molar-refractivity contribution in [2.24, 2.45) is 5.92 Å². The molecular formula is C17H28O2. The van der Waals surface area contributed by atoms with Gasteiger partial charge in [0.1, 0.15) is 5.75 Å². The summed E-state index contributed by atoms with van der Waals surface area (Å²) in [6.07, 6.45) is 0.779. The third-order valence-electron chi connectivity index (χ3n) is 3.74. The van der Waals surface area contributed by atoms with E-state index in [0.29, 0.717) is 11.8 Å². The van der Waals surface area contributed by atoms with E-state index in [1.807, 2.05) is 0 Å². The number of aliphatic hydroxyl groups excluding tert-OH is 1. The number of methoxy groups -OCH3 is 1. The number of aliphatic hydroxyl groups is 1. The molecule has 108 valence electrons. The second-order valence-corrected chi connectivity index (χ2v) is 6.57. The van der Waals surface area contributed by atoms with Crippen LogP contribution in [0, 0.1) is 5.92 Å². The maximum absolute atomic E-state index is 9.30. The fraction of sp³-hybridized carbons (Fsp3) is 0.647. The van der Waals surface area contributed by atoms with Crippen LogP contribution in [-0.4, -0.2) is 18.8 Å². The molecule has 1 aromatic rings. The van der Waals surface area contributed by atoms with Gasteiger partial charge in [-0.3, -0.25) is 0 Å². The van der Waals surface area contributed by atoms with Crippen LogP contribution < -0.4 is 4.74 Å². The Morgan fingerprint density at radius 2 is 1.84 bits per heavy atom. The zero-order chi connectivity index (χ0) is 14.6. The third kappa shape index (κ3) is 3.97. The van der Waals surface area contributed by atoms with Crippen molar-refractivity contribution < 1.29 is 9.84 Å². The molecular weight excluding hydrogens is 236 g/mol. The van der Waals surface area contributed by atoms with Crippen molar-refractivity contribution in [3.05, 3.63) is 29.3 Å². The average Bonchev–Trinajstić information content (AvgIpc) is 2.33. The maximum atomic E-state index is 9.30. The number of rotatable bonds is 5. The molecule has 0 saturated heterocycles. The molecule has 1 unspecified atom stereocenters. The van der Waals surface area contributed by atoms with Crippen LogP contribution >= 0.6 is 0 Å². The van der Waals surface area contributed by atoms with Crippen LogP contribution in [0.3, 0.4) is 0 Å². The maximum Gasteiger partial charge on any atom is 0.122 e. The standard InChI is InChI=1S/C17H28O2/c1-12(2)14(9-10-18)15-11-13(17(3,4)5)7-8-16(15)19-6/h7-8,11-12,14,18H,9-10H2,1-6H3. The first-order valence-electron chi connectivity index (χ1n) is 7.10. The van der Waals surface area contributed by atoms with Gasteiger partial charge in [0.15, 0.2) is 0 Å². The van der Waals surface area contributed by atoms with E-state index < -0.39 is 0 Å². The first-order chi connectivity index (χ1) is 8.81. The van der Waals surface area contributed by atoms with Gasteiger partial charge in [-0.1, -0.05) is 46.8 Å². The molecule has 2 heteroatoms. The fourth-order valence-electron chi connectivity index (χ4n) is 2.48. The lowest BCUT2D eigenvalue weighted by Gasteiger charge is -2.26. The summed E-state index contributed by atoms with van der Waals surface area (Å²) in [5.41, 5.74) is 2.66. The zero-order valence-corrected chi connectivity index (χ0v) is 13.2. The molecule has 0 aromatic heterocycles. The third-order valence-corrected chi connectivity index (χ3v) is 3.74. The number of ether oxygens (including phenoxy) is 1. The van der Waals surface area contributed by atoms with Crippen LogP contribution in [0.4, 0.5) is 0 Å². The molecule has 0 aliphatic heterocycles. The summed E-state index contributed by atoms with van der Waals surface area (Å²) >= 11 is 0. The van der Waals surface area contributed by atoms with Gasteiger partial charge in [0, 0.05) is 6.61 Å². The van der Waals surface area contributed by atoms with E-state index in [4.69, 9.17) is 4.74 Å². The molecule has 1 N–H and O–H groups in total.